The number of nitrogens with zero attached hydrogens (tertiary/aromatic N) is 1. The Morgan fingerprint density at radius 1 is 1.39 bits per heavy atom. The second kappa shape index (κ2) is 6.83. The number of likely N-dealkylation sites (tertiary alicyclic amines) is 1. The van der Waals surface area contributed by atoms with Crippen molar-refractivity contribution in [2.45, 2.75) is 25.7 Å². The Bertz CT molecular complexity index is 332. The number of carboxylic acids is 1. The van der Waals surface area contributed by atoms with Gasteiger partial charge in [-0.25, -0.2) is 4.79 Å². The normalized spacial score (nSPS) is 19.3. The fourth-order valence-corrected chi connectivity index (χ4v) is 1.93. The average Bonchev–Trinajstić information content (AvgIpc) is 2.34. The van der Waals surface area contributed by atoms with E-state index in [1.54, 1.807) is 0 Å². The van der Waals surface area contributed by atoms with Gasteiger partial charge in [0.05, 0.1) is 5.92 Å². The molecule has 0 aliphatic carbocycles. The van der Waals surface area contributed by atoms with Crippen molar-refractivity contribution in [1.82, 2.24) is 10.2 Å². The molecule has 0 aromatic heterocycles. The molecule has 1 aliphatic rings. The molecule has 1 aliphatic heterocycles. The maximum Gasteiger partial charge on any atom is 0.317 e. The highest BCUT2D eigenvalue weighted by Gasteiger charge is 2.27. The lowest BCUT2D eigenvalue weighted by Crippen LogP contribution is -2.47. The Balaban J connectivity index is 2.28. The van der Waals surface area contributed by atoms with Crippen LogP contribution in [0.15, 0.2) is 0 Å². The number of carbonyl (C=O) groups excluding carboxylic acids is 2. The number of hydrogen-bond acceptors (Lipinski definition) is 3. The van der Waals surface area contributed by atoms with Crippen molar-refractivity contribution in [2.24, 2.45) is 11.7 Å². The maximum absolute atomic E-state index is 11.7. The van der Waals surface area contributed by atoms with Gasteiger partial charge < -0.3 is 21.1 Å². The standard InChI is InChI=1S/C11H19N3O4/c12-9(15)4-1-5-13-11(18)14-6-2-3-8(7-14)10(16)17/h8H,1-7H2,(H2,12,15)(H,13,18)(H,16,17)/t8-/m1/s1. The van der Waals surface area contributed by atoms with Crippen LogP contribution in [-0.2, 0) is 9.59 Å². The smallest absolute Gasteiger partial charge is 0.317 e. The van der Waals surface area contributed by atoms with Crippen molar-refractivity contribution in [3.05, 3.63) is 0 Å². The number of urea groups is 1. The summed E-state index contributed by atoms with van der Waals surface area (Å²) in [6.07, 6.45) is 2.04. The first kappa shape index (κ1) is 14.3. The zero-order valence-corrected chi connectivity index (χ0v) is 10.2. The first-order valence-corrected chi connectivity index (χ1v) is 6.04. The molecule has 1 rings (SSSR count). The second-order valence-corrected chi connectivity index (χ2v) is 4.43. The van der Waals surface area contributed by atoms with Crippen LogP contribution in [0.1, 0.15) is 25.7 Å². The minimum atomic E-state index is -0.860. The summed E-state index contributed by atoms with van der Waals surface area (Å²) in [5, 5.41) is 11.6. The third-order valence-corrected chi connectivity index (χ3v) is 2.93. The van der Waals surface area contributed by atoms with Crippen molar-refractivity contribution in [1.29, 1.82) is 0 Å². The SMILES string of the molecule is NC(=O)CCCNC(=O)N1CCC[C@@H](C(=O)O)C1. The predicted octanol–water partition coefficient (Wildman–Crippen LogP) is -0.242. The summed E-state index contributed by atoms with van der Waals surface area (Å²) in [6, 6.07) is -0.273. The van der Waals surface area contributed by atoms with E-state index in [0.29, 0.717) is 32.4 Å². The van der Waals surface area contributed by atoms with Gasteiger partial charge in [-0.2, -0.15) is 0 Å². The lowest BCUT2D eigenvalue weighted by molar-refractivity contribution is -0.143. The highest BCUT2D eigenvalue weighted by molar-refractivity contribution is 5.76. The summed E-state index contributed by atoms with van der Waals surface area (Å²) < 4.78 is 0. The van der Waals surface area contributed by atoms with Crippen LogP contribution in [0.25, 0.3) is 0 Å². The summed E-state index contributed by atoms with van der Waals surface area (Å²) in [6.45, 7) is 1.19. The van der Waals surface area contributed by atoms with Crippen LogP contribution in [0.4, 0.5) is 4.79 Å². The Morgan fingerprint density at radius 3 is 2.72 bits per heavy atom. The number of primary amides is 1. The molecule has 0 aromatic carbocycles. The van der Waals surface area contributed by atoms with E-state index in [9.17, 15) is 14.4 Å². The molecule has 1 saturated heterocycles. The van der Waals surface area contributed by atoms with Crippen molar-refractivity contribution in [2.75, 3.05) is 19.6 Å². The van der Waals surface area contributed by atoms with Crippen molar-refractivity contribution in [3.8, 4) is 0 Å². The molecule has 7 nitrogen and oxygen atoms in total. The molecule has 3 amide bonds. The van der Waals surface area contributed by atoms with E-state index < -0.39 is 17.8 Å². The molecule has 4 N–H and O–H groups in total. The minimum Gasteiger partial charge on any atom is -0.481 e. The van der Waals surface area contributed by atoms with Gasteiger partial charge in [0.1, 0.15) is 0 Å². The number of amides is 3. The van der Waals surface area contributed by atoms with Gasteiger partial charge >= 0.3 is 12.0 Å². The summed E-state index contributed by atoms with van der Waals surface area (Å²) in [7, 11) is 0. The summed E-state index contributed by atoms with van der Waals surface area (Å²) in [4.78, 5) is 34.6. The third kappa shape index (κ3) is 4.60. The van der Waals surface area contributed by atoms with Crippen LogP contribution >= 0.6 is 0 Å². The van der Waals surface area contributed by atoms with Gasteiger partial charge in [-0.05, 0) is 19.3 Å². The lowest BCUT2D eigenvalue weighted by Gasteiger charge is -2.30. The van der Waals surface area contributed by atoms with E-state index >= 15 is 0 Å². The van der Waals surface area contributed by atoms with Gasteiger partial charge in [-0.1, -0.05) is 0 Å². The molecule has 1 atom stereocenters. The second-order valence-electron chi connectivity index (χ2n) is 4.43. The van der Waals surface area contributed by atoms with E-state index in [4.69, 9.17) is 10.8 Å². The molecule has 7 heteroatoms. The molecule has 18 heavy (non-hydrogen) atoms. The zero-order valence-electron chi connectivity index (χ0n) is 10.2. The number of carboxylic acid groups (broad SMARTS) is 1. The van der Waals surface area contributed by atoms with Crippen LogP contribution in [0.5, 0.6) is 0 Å². The van der Waals surface area contributed by atoms with E-state index in [1.807, 2.05) is 0 Å². The van der Waals surface area contributed by atoms with Gasteiger partial charge in [0.25, 0.3) is 0 Å². The molecular formula is C11H19N3O4. The van der Waals surface area contributed by atoms with Crippen LogP contribution < -0.4 is 11.1 Å². The van der Waals surface area contributed by atoms with Crippen LogP contribution in [0, 0.1) is 5.92 Å². The molecule has 0 radical (unpaired) electrons. The third-order valence-electron chi connectivity index (χ3n) is 2.93. The van der Waals surface area contributed by atoms with E-state index in [2.05, 4.69) is 5.32 Å². The lowest BCUT2D eigenvalue weighted by atomic mass is 9.99. The van der Waals surface area contributed by atoms with Crippen LogP contribution in [0.2, 0.25) is 0 Å². The van der Waals surface area contributed by atoms with Gasteiger partial charge in [0.2, 0.25) is 5.91 Å². The molecule has 1 heterocycles. The fourth-order valence-electron chi connectivity index (χ4n) is 1.93. The van der Waals surface area contributed by atoms with Gasteiger partial charge in [-0.15, -0.1) is 0 Å². The summed E-state index contributed by atoms with van der Waals surface area (Å²) in [5.41, 5.74) is 4.98. The molecule has 0 unspecified atom stereocenters. The first-order valence-electron chi connectivity index (χ1n) is 6.04. The van der Waals surface area contributed by atoms with E-state index in [0.717, 1.165) is 0 Å². The summed E-state index contributed by atoms with van der Waals surface area (Å²) >= 11 is 0. The topological polar surface area (TPSA) is 113 Å². The molecule has 1 fully saturated rings. The quantitative estimate of drug-likeness (QED) is 0.590. The van der Waals surface area contributed by atoms with Gasteiger partial charge in [-0.3, -0.25) is 9.59 Å². The molecular weight excluding hydrogens is 238 g/mol. The highest BCUT2D eigenvalue weighted by Crippen LogP contribution is 2.16. The number of aliphatic carboxylic acids is 1. The number of nitrogens with one attached hydrogen (secondary N) is 1. The van der Waals surface area contributed by atoms with Crippen LogP contribution in [0.3, 0.4) is 0 Å². The van der Waals surface area contributed by atoms with Gasteiger partial charge in [0.15, 0.2) is 0 Å². The van der Waals surface area contributed by atoms with E-state index in [1.165, 1.54) is 4.90 Å². The molecule has 0 spiro atoms. The molecule has 0 saturated carbocycles. The van der Waals surface area contributed by atoms with Crippen molar-refractivity contribution < 1.29 is 19.5 Å². The van der Waals surface area contributed by atoms with E-state index in [-0.39, 0.29) is 19.0 Å². The first-order chi connectivity index (χ1) is 8.50. The van der Waals surface area contributed by atoms with Crippen molar-refractivity contribution in [3.63, 3.8) is 0 Å². The highest BCUT2D eigenvalue weighted by atomic mass is 16.4. The number of rotatable bonds is 5. The number of piperidine rings is 1. The minimum absolute atomic E-state index is 0.234. The number of nitrogens with two attached hydrogens (primary N) is 1. The largest absolute Gasteiger partial charge is 0.481 e. The molecule has 0 aromatic rings. The van der Waals surface area contributed by atoms with Crippen LogP contribution in [-0.4, -0.2) is 47.5 Å². The summed E-state index contributed by atoms with van der Waals surface area (Å²) in [5.74, 6) is -1.73. The van der Waals surface area contributed by atoms with Gasteiger partial charge in [0, 0.05) is 26.1 Å². The fraction of sp³-hybridized carbons (Fsp3) is 0.727. The predicted molar refractivity (Wildman–Crippen MR) is 63.8 cm³/mol. The number of hydrogen-bond donors (Lipinski definition) is 3. The Kier molecular flexibility index (Phi) is 5.41. The average molecular weight is 257 g/mol. The Labute approximate surface area is 105 Å². The molecule has 102 valence electrons. The number of carbonyl (C=O) groups is 3. The molecule has 0 bridgehead atoms. The van der Waals surface area contributed by atoms with Crippen molar-refractivity contribution >= 4 is 17.9 Å². The maximum atomic E-state index is 11.7. The Morgan fingerprint density at radius 2 is 2.11 bits per heavy atom. The zero-order chi connectivity index (χ0) is 13.5. The Hall–Kier alpha value is -1.79. The monoisotopic (exact) mass is 257 g/mol.